The van der Waals surface area contributed by atoms with Gasteiger partial charge in [-0.15, -0.1) is 12.4 Å². The number of para-hydroxylation sites is 1. The molecule has 0 saturated heterocycles. The van der Waals surface area contributed by atoms with Crippen molar-refractivity contribution in [2.75, 3.05) is 20.2 Å². The van der Waals surface area contributed by atoms with Gasteiger partial charge in [0.2, 0.25) is 5.91 Å². The zero-order valence-electron chi connectivity index (χ0n) is 12.7. The smallest absolute Gasteiger partial charge is 0.229 e. The van der Waals surface area contributed by atoms with Crippen LogP contribution >= 0.6 is 12.4 Å². The Morgan fingerprint density at radius 2 is 1.95 bits per heavy atom. The van der Waals surface area contributed by atoms with Gasteiger partial charge in [0, 0.05) is 25.7 Å². The number of nitrogens with zero attached hydrogens (tertiary/aromatic N) is 1. The van der Waals surface area contributed by atoms with Gasteiger partial charge in [0.05, 0.1) is 12.0 Å². The van der Waals surface area contributed by atoms with E-state index >= 15 is 0 Å². The predicted molar refractivity (Wildman–Crippen MR) is 84.2 cm³/mol. The Kier molecular flexibility index (Phi) is 7.61. The highest BCUT2D eigenvalue weighted by Crippen LogP contribution is 2.22. The second-order valence-electron chi connectivity index (χ2n) is 5.29. The Hall–Kier alpha value is -1.26. The van der Waals surface area contributed by atoms with Crippen molar-refractivity contribution < 1.29 is 9.53 Å². The molecule has 0 fully saturated rings. The van der Waals surface area contributed by atoms with Gasteiger partial charge in [0.15, 0.2) is 0 Å². The van der Waals surface area contributed by atoms with Gasteiger partial charge in [-0.2, -0.15) is 0 Å². The zero-order valence-corrected chi connectivity index (χ0v) is 13.5. The fraction of sp³-hybridized carbons (Fsp3) is 0.533. The normalized spacial score (nSPS) is 10.7. The summed E-state index contributed by atoms with van der Waals surface area (Å²) < 4.78 is 5.57. The van der Waals surface area contributed by atoms with Gasteiger partial charge in [0.1, 0.15) is 5.75 Å². The third-order valence-corrected chi connectivity index (χ3v) is 3.12. The Morgan fingerprint density at radius 3 is 2.50 bits per heavy atom. The number of hydrogen-bond acceptors (Lipinski definition) is 3. The quantitative estimate of drug-likeness (QED) is 0.878. The molecule has 0 heterocycles. The highest BCUT2D eigenvalue weighted by Gasteiger charge is 2.29. The van der Waals surface area contributed by atoms with E-state index in [9.17, 15) is 4.79 Å². The molecule has 0 aliphatic heterocycles. The summed E-state index contributed by atoms with van der Waals surface area (Å²) in [4.78, 5) is 14.0. The summed E-state index contributed by atoms with van der Waals surface area (Å²) in [6.07, 6.45) is 0. The van der Waals surface area contributed by atoms with Crippen LogP contribution in [-0.4, -0.2) is 31.0 Å². The third kappa shape index (κ3) is 4.69. The summed E-state index contributed by atoms with van der Waals surface area (Å²) >= 11 is 0. The van der Waals surface area contributed by atoms with Crippen molar-refractivity contribution in [3.8, 4) is 5.75 Å². The molecule has 0 aliphatic rings. The maximum atomic E-state index is 12.3. The van der Waals surface area contributed by atoms with Gasteiger partial charge >= 0.3 is 0 Å². The molecular formula is C15H25ClN2O2. The summed E-state index contributed by atoms with van der Waals surface area (Å²) in [5.41, 5.74) is 6.12. The van der Waals surface area contributed by atoms with Crippen LogP contribution in [0.5, 0.6) is 5.75 Å². The summed E-state index contributed by atoms with van der Waals surface area (Å²) in [6.45, 7) is 7.15. The minimum atomic E-state index is -0.532. The standard InChI is InChI=1S/C15H24N2O2.ClH/c1-5-19-13-9-7-6-8-12(13)10-17(4)14(18)15(2,3)11-16;/h6-9H,5,10-11,16H2,1-4H3;1H. The van der Waals surface area contributed by atoms with E-state index < -0.39 is 5.41 Å². The summed E-state index contributed by atoms with van der Waals surface area (Å²) in [7, 11) is 1.79. The molecule has 0 spiro atoms. The Balaban J connectivity index is 0.00000361. The van der Waals surface area contributed by atoms with Crippen molar-refractivity contribution in [1.29, 1.82) is 0 Å². The SMILES string of the molecule is CCOc1ccccc1CN(C)C(=O)C(C)(C)CN.Cl. The zero-order chi connectivity index (χ0) is 14.5. The van der Waals surface area contributed by atoms with Crippen molar-refractivity contribution in [3.63, 3.8) is 0 Å². The van der Waals surface area contributed by atoms with Crippen LogP contribution in [0, 0.1) is 5.41 Å². The van der Waals surface area contributed by atoms with Crippen LogP contribution in [0.1, 0.15) is 26.3 Å². The van der Waals surface area contributed by atoms with Crippen molar-refractivity contribution in [1.82, 2.24) is 4.90 Å². The van der Waals surface area contributed by atoms with Crippen LogP contribution in [0.4, 0.5) is 0 Å². The number of benzene rings is 1. The average Bonchev–Trinajstić information content (AvgIpc) is 2.40. The molecule has 0 aliphatic carbocycles. The fourth-order valence-corrected chi connectivity index (χ4v) is 1.86. The third-order valence-electron chi connectivity index (χ3n) is 3.12. The first kappa shape index (κ1) is 18.7. The highest BCUT2D eigenvalue weighted by atomic mass is 35.5. The van der Waals surface area contributed by atoms with Crippen LogP contribution < -0.4 is 10.5 Å². The van der Waals surface area contributed by atoms with Gasteiger partial charge in [-0.25, -0.2) is 0 Å². The van der Waals surface area contributed by atoms with Crippen LogP contribution in [-0.2, 0) is 11.3 Å². The number of amides is 1. The topological polar surface area (TPSA) is 55.6 Å². The molecule has 4 nitrogen and oxygen atoms in total. The number of rotatable bonds is 6. The number of carbonyl (C=O) groups excluding carboxylic acids is 1. The lowest BCUT2D eigenvalue weighted by Gasteiger charge is -2.28. The first-order valence-corrected chi connectivity index (χ1v) is 6.58. The number of hydrogen-bond donors (Lipinski definition) is 1. The minimum absolute atomic E-state index is 0. The summed E-state index contributed by atoms with van der Waals surface area (Å²) in [6, 6.07) is 7.78. The highest BCUT2D eigenvalue weighted by molar-refractivity contribution is 5.85. The van der Waals surface area contributed by atoms with Gasteiger partial charge in [-0.05, 0) is 26.8 Å². The molecule has 114 valence electrons. The first-order chi connectivity index (χ1) is 8.92. The predicted octanol–water partition coefficient (Wildman–Crippen LogP) is 2.45. The molecule has 2 N–H and O–H groups in total. The molecule has 0 bridgehead atoms. The van der Waals surface area contributed by atoms with Crippen LogP contribution in [0.3, 0.4) is 0 Å². The van der Waals surface area contributed by atoms with Crippen LogP contribution in [0.25, 0.3) is 0 Å². The van der Waals surface area contributed by atoms with Crippen molar-refractivity contribution in [2.45, 2.75) is 27.3 Å². The average molecular weight is 301 g/mol. The van der Waals surface area contributed by atoms with Crippen LogP contribution in [0.15, 0.2) is 24.3 Å². The van der Waals surface area contributed by atoms with Gasteiger partial charge in [-0.3, -0.25) is 4.79 Å². The number of ether oxygens (including phenoxy) is 1. The van der Waals surface area contributed by atoms with E-state index in [0.29, 0.717) is 19.7 Å². The second kappa shape index (κ2) is 8.12. The maximum absolute atomic E-state index is 12.3. The van der Waals surface area contributed by atoms with E-state index in [0.717, 1.165) is 11.3 Å². The molecule has 1 amide bonds. The number of halogens is 1. The lowest BCUT2D eigenvalue weighted by molar-refractivity contribution is -0.139. The number of nitrogens with two attached hydrogens (primary N) is 1. The van der Waals surface area contributed by atoms with E-state index in [4.69, 9.17) is 10.5 Å². The molecule has 0 radical (unpaired) electrons. The Morgan fingerprint density at radius 1 is 1.35 bits per heavy atom. The lowest BCUT2D eigenvalue weighted by atomic mass is 9.92. The molecule has 1 aromatic rings. The van der Waals surface area contributed by atoms with Crippen molar-refractivity contribution in [2.24, 2.45) is 11.1 Å². The largest absolute Gasteiger partial charge is 0.494 e. The first-order valence-electron chi connectivity index (χ1n) is 6.58. The Labute approximate surface area is 127 Å². The van der Waals surface area contributed by atoms with E-state index in [1.54, 1.807) is 11.9 Å². The summed E-state index contributed by atoms with van der Waals surface area (Å²) in [5.74, 6) is 0.872. The minimum Gasteiger partial charge on any atom is -0.494 e. The molecule has 0 atom stereocenters. The van der Waals surface area contributed by atoms with Gasteiger partial charge in [-0.1, -0.05) is 18.2 Å². The van der Waals surface area contributed by atoms with Crippen LogP contribution in [0.2, 0.25) is 0 Å². The van der Waals surface area contributed by atoms with Gasteiger partial charge in [0.25, 0.3) is 0 Å². The lowest BCUT2D eigenvalue weighted by Crippen LogP contribution is -2.42. The van der Waals surface area contributed by atoms with E-state index in [-0.39, 0.29) is 18.3 Å². The van der Waals surface area contributed by atoms with E-state index in [2.05, 4.69) is 0 Å². The van der Waals surface area contributed by atoms with Gasteiger partial charge < -0.3 is 15.4 Å². The van der Waals surface area contributed by atoms with Crippen molar-refractivity contribution >= 4 is 18.3 Å². The summed E-state index contributed by atoms with van der Waals surface area (Å²) in [5, 5.41) is 0. The van der Waals surface area contributed by atoms with Crippen molar-refractivity contribution in [3.05, 3.63) is 29.8 Å². The molecule has 1 aromatic carbocycles. The van der Waals surface area contributed by atoms with E-state index in [1.165, 1.54) is 0 Å². The number of carbonyl (C=O) groups is 1. The molecule has 0 unspecified atom stereocenters. The molecular weight excluding hydrogens is 276 g/mol. The molecule has 0 aromatic heterocycles. The Bertz CT molecular complexity index is 436. The molecule has 0 saturated carbocycles. The molecule has 5 heteroatoms. The molecule has 20 heavy (non-hydrogen) atoms. The van der Waals surface area contributed by atoms with E-state index in [1.807, 2.05) is 45.0 Å². The monoisotopic (exact) mass is 300 g/mol. The fourth-order valence-electron chi connectivity index (χ4n) is 1.86. The molecule has 1 rings (SSSR count). The second-order valence-corrected chi connectivity index (χ2v) is 5.29. The maximum Gasteiger partial charge on any atom is 0.229 e.